The first-order chi connectivity index (χ1) is 17.4. The molecule has 3 rings (SSSR count). The van der Waals surface area contributed by atoms with Crippen molar-refractivity contribution < 1.29 is 23.9 Å². The Morgan fingerprint density at radius 1 is 0.811 bits per heavy atom. The summed E-state index contributed by atoms with van der Waals surface area (Å²) in [6.45, 7) is 17.4. The highest BCUT2D eigenvalue weighted by Crippen LogP contribution is 2.36. The molecule has 0 aliphatic rings. The molecule has 0 atom stereocenters. The molecule has 37 heavy (non-hydrogen) atoms. The molecule has 0 aliphatic heterocycles. The highest BCUT2D eigenvalue weighted by atomic mass is 28.4. The summed E-state index contributed by atoms with van der Waals surface area (Å²) in [4.78, 5) is 0. The lowest BCUT2D eigenvalue weighted by molar-refractivity contribution is 0.233. The minimum atomic E-state index is -1.72. The molecule has 5 nitrogen and oxygen atoms in total. The molecule has 0 spiro atoms. The smallest absolute Gasteiger partial charge is 0.488 e. The largest absolute Gasteiger partial charge is 0.493 e. The highest BCUT2D eigenvalue weighted by molar-refractivity contribution is 6.74. The lowest BCUT2D eigenvalue weighted by atomic mass is 9.80. The normalized spacial score (nSPS) is 11.9. The van der Waals surface area contributed by atoms with E-state index in [-0.39, 0.29) is 5.04 Å². The van der Waals surface area contributed by atoms with Crippen LogP contribution in [-0.4, -0.2) is 38.7 Å². The van der Waals surface area contributed by atoms with Gasteiger partial charge < -0.3 is 23.9 Å². The molecule has 0 fully saturated rings. The van der Waals surface area contributed by atoms with Crippen molar-refractivity contribution >= 4 is 20.9 Å². The van der Waals surface area contributed by atoms with E-state index in [4.69, 9.17) is 13.9 Å². The summed E-state index contributed by atoms with van der Waals surface area (Å²) in [5.74, 6) is 1.57. The molecule has 2 N–H and O–H groups in total. The molecule has 0 aliphatic carbocycles. The van der Waals surface area contributed by atoms with E-state index in [1.807, 2.05) is 12.1 Å². The van der Waals surface area contributed by atoms with Crippen molar-refractivity contribution in [2.24, 2.45) is 0 Å². The van der Waals surface area contributed by atoms with E-state index in [0.717, 1.165) is 29.9 Å². The average Bonchev–Trinajstić information content (AvgIpc) is 2.82. The Hall–Kier alpha value is -2.58. The van der Waals surface area contributed by atoms with Crippen LogP contribution in [0.25, 0.3) is 11.1 Å². The van der Waals surface area contributed by atoms with Gasteiger partial charge in [0.1, 0.15) is 18.1 Å². The van der Waals surface area contributed by atoms with Crippen LogP contribution in [0.3, 0.4) is 0 Å². The van der Waals surface area contributed by atoms with E-state index in [1.54, 1.807) is 24.3 Å². The summed E-state index contributed by atoms with van der Waals surface area (Å²) >= 11 is 0. The maximum absolute atomic E-state index is 9.24. The average molecular weight is 521 g/mol. The van der Waals surface area contributed by atoms with E-state index < -0.39 is 15.4 Å². The minimum absolute atomic E-state index is 0.220. The Labute approximate surface area is 223 Å². The fraction of sp³-hybridized carbons (Fsp3) is 0.400. The Balaban J connectivity index is 1.60. The molecule has 7 heteroatoms. The predicted molar refractivity (Wildman–Crippen MR) is 155 cm³/mol. The molecule has 0 saturated carbocycles. The molecule has 3 aromatic carbocycles. The lowest BCUT2D eigenvalue weighted by Gasteiger charge is -2.36. The van der Waals surface area contributed by atoms with Gasteiger partial charge in [0.25, 0.3) is 0 Å². The summed E-state index contributed by atoms with van der Waals surface area (Å²) in [6, 6.07) is 19.4. The number of benzene rings is 3. The van der Waals surface area contributed by atoms with Gasteiger partial charge >= 0.3 is 7.12 Å². The van der Waals surface area contributed by atoms with Crippen molar-refractivity contribution in [1.82, 2.24) is 0 Å². The minimum Gasteiger partial charge on any atom is -0.493 e. The number of hydrogen-bond donors (Lipinski definition) is 2. The van der Waals surface area contributed by atoms with Crippen molar-refractivity contribution in [2.45, 2.75) is 65.8 Å². The standard InChI is InChI=1S/C30H41BO5Si/c1-22-18-28(34-16-9-17-36-37(6,7)30(3,4)5)19-23(2)29(22)25-11-8-10-24(20-25)21-35-27-14-12-26(13-15-27)31(32)33/h8,10-15,18-20,32-33H,9,16-17,21H2,1-7H3. The third-order valence-corrected chi connectivity index (χ3v) is 11.7. The first kappa shape index (κ1) is 29.0. The summed E-state index contributed by atoms with van der Waals surface area (Å²) in [5.41, 5.74) is 6.19. The number of rotatable bonds is 11. The van der Waals surface area contributed by atoms with Crippen LogP contribution < -0.4 is 14.9 Å². The fourth-order valence-electron chi connectivity index (χ4n) is 3.97. The van der Waals surface area contributed by atoms with Crippen molar-refractivity contribution in [3.63, 3.8) is 0 Å². The van der Waals surface area contributed by atoms with Crippen molar-refractivity contribution in [1.29, 1.82) is 0 Å². The summed E-state index contributed by atoms with van der Waals surface area (Å²) in [7, 11) is -3.19. The second-order valence-corrected chi connectivity index (χ2v) is 16.0. The first-order valence-electron chi connectivity index (χ1n) is 12.9. The van der Waals surface area contributed by atoms with Crippen LogP contribution in [0.2, 0.25) is 18.1 Å². The maximum atomic E-state index is 9.24. The van der Waals surface area contributed by atoms with Gasteiger partial charge in [0, 0.05) is 13.0 Å². The molecule has 3 aromatic rings. The van der Waals surface area contributed by atoms with E-state index in [2.05, 4.69) is 72.0 Å². The van der Waals surface area contributed by atoms with Crippen LogP contribution in [0.1, 0.15) is 43.9 Å². The van der Waals surface area contributed by atoms with Gasteiger partial charge in [0.05, 0.1) is 6.61 Å². The summed E-state index contributed by atoms with van der Waals surface area (Å²) in [6.07, 6.45) is 0.873. The van der Waals surface area contributed by atoms with Crippen LogP contribution in [0.4, 0.5) is 0 Å². The van der Waals surface area contributed by atoms with Crippen LogP contribution >= 0.6 is 0 Å². The van der Waals surface area contributed by atoms with Gasteiger partial charge in [-0.3, -0.25) is 0 Å². The third-order valence-electron chi connectivity index (χ3n) is 7.13. The lowest BCUT2D eigenvalue weighted by Crippen LogP contribution is -2.41. The topological polar surface area (TPSA) is 68.2 Å². The maximum Gasteiger partial charge on any atom is 0.488 e. The van der Waals surface area contributed by atoms with E-state index in [9.17, 15) is 10.0 Å². The van der Waals surface area contributed by atoms with Gasteiger partial charge in [-0.05, 0) is 95.6 Å². The Bertz CT molecular complexity index is 1150. The van der Waals surface area contributed by atoms with Crippen molar-refractivity contribution in [2.75, 3.05) is 13.2 Å². The van der Waals surface area contributed by atoms with E-state index >= 15 is 0 Å². The molecular formula is C30H41BO5Si. The third kappa shape index (κ3) is 7.95. The molecule has 0 heterocycles. The Morgan fingerprint density at radius 2 is 1.46 bits per heavy atom. The van der Waals surface area contributed by atoms with E-state index in [0.29, 0.717) is 24.4 Å². The second kappa shape index (κ2) is 12.3. The molecule has 0 aromatic heterocycles. The van der Waals surface area contributed by atoms with Crippen molar-refractivity contribution in [3.05, 3.63) is 77.4 Å². The van der Waals surface area contributed by atoms with Gasteiger partial charge in [0.15, 0.2) is 8.32 Å². The summed E-state index contributed by atoms with van der Waals surface area (Å²) < 4.78 is 18.2. The van der Waals surface area contributed by atoms with Gasteiger partial charge in [0.2, 0.25) is 0 Å². The van der Waals surface area contributed by atoms with Gasteiger partial charge in [-0.1, -0.05) is 51.1 Å². The zero-order valence-corrected chi connectivity index (χ0v) is 24.3. The van der Waals surface area contributed by atoms with Gasteiger partial charge in [-0.25, -0.2) is 0 Å². The fourth-order valence-corrected chi connectivity index (χ4v) is 5.06. The Kier molecular flexibility index (Phi) is 9.64. The molecule has 0 amide bonds. The zero-order chi connectivity index (χ0) is 27.2. The van der Waals surface area contributed by atoms with Crippen LogP contribution in [0, 0.1) is 13.8 Å². The number of aryl methyl sites for hydroxylation is 2. The van der Waals surface area contributed by atoms with Crippen LogP contribution in [-0.2, 0) is 11.0 Å². The molecule has 198 valence electrons. The molecule has 0 radical (unpaired) electrons. The Morgan fingerprint density at radius 3 is 2.05 bits per heavy atom. The zero-order valence-electron chi connectivity index (χ0n) is 23.3. The van der Waals surface area contributed by atoms with Crippen molar-refractivity contribution in [3.8, 4) is 22.6 Å². The highest BCUT2D eigenvalue weighted by Gasteiger charge is 2.36. The van der Waals surface area contributed by atoms with Crippen LogP contribution in [0.5, 0.6) is 11.5 Å². The van der Waals surface area contributed by atoms with Gasteiger partial charge in [-0.15, -0.1) is 0 Å². The van der Waals surface area contributed by atoms with E-state index in [1.165, 1.54) is 16.7 Å². The first-order valence-corrected chi connectivity index (χ1v) is 15.8. The predicted octanol–water partition coefficient (Wildman–Crippen LogP) is 6.02. The van der Waals surface area contributed by atoms with Crippen LogP contribution in [0.15, 0.2) is 60.7 Å². The summed E-state index contributed by atoms with van der Waals surface area (Å²) in [5, 5.41) is 18.7. The SMILES string of the molecule is Cc1cc(OCCCO[Si](C)(C)C(C)(C)C)cc(C)c1-c1cccc(COc2ccc(B(O)O)cc2)c1. The van der Waals surface area contributed by atoms with Gasteiger partial charge in [-0.2, -0.15) is 0 Å². The monoisotopic (exact) mass is 520 g/mol. The number of hydrogen-bond acceptors (Lipinski definition) is 5. The quantitative estimate of drug-likeness (QED) is 0.239. The second-order valence-electron chi connectivity index (χ2n) is 11.2. The molecular weight excluding hydrogens is 479 g/mol. The number of ether oxygens (including phenoxy) is 2. The molecule has 0 saturated heterocycles. The molecule has 0 bridgehead atoms. The molecule has 0 unspecified atom stereocenters.